The van der Waals surface area contributed by atoms with Crippen LogP contribution in [0.3, 0.4) is 0 Å². The van der Waals surface area contributed by atoms with Crippen molar-refractivity contribution in [1.29, 1.82) is 0 Å². The van der Waals surface area contributed by atoms with Crippen molar-refractivity contribution >= 4 is 11.5 Å². The van der Waals surface area contributed by atoms with Crippen molar-refractivity contribution in [3.63, 3.8) is 0 Å². The third-order valence-corrected chi connectivity index (χ3v) is 7.14. The summed E-state index contributed by atoms with van der Waals surface area (Å²) in [6.45, 7) is 5.16. The molecular weight excluding hydrogens is 415 g/mol. The Balaban J connectivity index is 1.30. The van der Waals surface area contributed by atoms with Crippen LogP contribution < -0.4 is 16.0 Å². The summed E-state index contributed by atoms with van der Waals surface area (Å²) in [6, 6.07) is 10.9. The molecule has 1 aromatic heterocycles. The van der Waals surface area contributed by atoms with E-state index in [0.29, 0.717) is 23.1 Å². The lowest BCUT2D eigenvalue weighted by Gasteiger charge is -2.30. The van der Waals surface area contributed by atoms with Crippen molar-refractivity contribution < 1.29 is 9.13 Å². The molecule has 0 atom stereocenters. The molecule has 5 nitrogen and oxygen atoms in total. The predicted octanol–water partition coefficient (Wildman–Crippen LogP) is 5.84. The minimum absolute atomic E-state index is 0.284. The number of nitrogens with one attached hydrogen (secondary N) is 3. The Labute approximate surface area is 197 Å². The molecule has 1 heterocycles. The lowest BCUT2D eigenvalue weighted by Crippen LogP contribution is -2.37. The topological polar surface area (TPSA) is 58.2 Å². The Hall–Kier alpha value is -2.18. The fourth-order valence-electron chi connectivity index (χ4n) is 4.57. The number of rotatable bonds is 12. The molecule has 180 valence electrons. The van der Waals surface area contributed by atoms with E-state index in [1.165, 1.54) is 19.0 Å². The van der Waals surface area contributed by atoms with Crippen LogP contribution in [0.4, 0.5) is 15.9 Å². The number of pyridine rings is 1. The minimum Gasteiger partial charge on any atom is -0.385 e. The largest absolute Gasteiger partial charge is 0.385 e. The Kier molecular flexibility index (Phi) is 8.20. The zero-order chi connectivity index (χ0) is 23.1. The summed E-state index contributed by atoms with van der Waals surface area (Å²) in [7, 11) is 1.76. The molecule has 0 bridgehead atoms. The van der Waals surface area contributed by atoms with Gasteiger partial charge in [-0.3, -0.25) is 0 Å². The van der Waals surface area contributed by atoms with Crippen molar-refractivity contribution in [3.05, 3.63) is 42.3 Å². The van der Waals surface area contributed by atoms with E-state index in [2.05, 4.69) is 33.9 Å². The maximum absolute atomic E-state index is 14.7. The van der Waals surface area contributed by atoms with Crippen LogP contribution in [-0.2, 0) is 4.74 Å². The number of aromatic nitrogens is 1. The molecule has 4 rings (SSSR count). The van der Waals surface area contributed by atoms with Crippen LogP contribution in [0, 0.1) is 11.2 Å². The van der Waals surface area contributed by atoms with Crippen LogP contribution in [-0.4, -0.2) is 43.9 Å². The summed E-state index contributed by atoms with van der Waals surface area (Å²) >= 11 is 0. The van der Waals surface area contributed by atoms with Gasteiger partial charge >= 0.3 is 0 Å². The van der Waals surface area contributed by atoms with Crippen LogP contribution in [0.2, 0.25) is 0 Å². The molecular formula is C27H39FN4O. The highest BCUT2D eigenvalue weighted by Gasteiger charge is 2.36. The van der Waals surface area contributed by atoms with E-state index in [0.717, 1.165) is 75.3 Å². The Morgan fingerprint density at radius 3 is 2.64 bits per heavy atom. The first-order chi connectivity index (χ1) is 16.0. The van der Waals surface area contributed by atoms with Crippen LogP contribution in [0.25, 0.3) is 11.1 Å². The van der Waals surface area contributed by atoms with E-state index in [-0.39, 0.29) is 5.82 Å². The summed E-state index contributed by atoms with van der Waals surface area (Å²) in [6.07, 6.45) is 10.7. The third-order valence-electron chi connectivity index (χ3n) is 7.14. The fourth-order valence-corrected chi connectivity index (χ4v) is 4.57. The zero-order valence-corrected chi connectivity index (χ0v) is 20.1. The second-order valence-corrected chi connectivity index (χ2v) is 10.1. The van der Waals surface area contributed by atoms with E-state index in [1.54, 1.807) is 7.11 Å². The number of anilines is 2. The fraction of sp³-hybridized carbons (Fsp3) is 0.593. The average Bonchev–Trinajstić information content (AvgIpc) is 3.57. The van der Waals surface area contributed by atoms with Crippen LogP contribution in [0.5, 0.6) is 0 Å². The van der Waals surface area contributed by atoms with E-state index in [9.17, 15) is 4.39 Å². The molecule has 6 heteroatoms. The number of hydrogen-bond donors (Lipinski definition) is 3. The Bertz CT molecular complexity index is 893. The number of ether oxygens (including phenoxy) is 1. The highest BCUT2D eigenvalue weighted by molar-refractivity contribution is 5.70. The van der Waals surface area contributed by atoms with Gasteiger partial charge in [-0.25, -0.2) is 9.37 Å². The summed E-state index contributed by atoms with van der Waals surface area (Å²) in [5.41, 5.74) is 2.94. The molecule has 0 spiro atoms. The summed E-state index contributed by atoms with van der Waals surface area (Å²) < 4.78 is 19.8. The van der Waals surface area contributed by atoms with Crippen LogP contribution in [0.15, 0.2) is 36.5 Å². The third kappa shape index (κ3) is 7.15. The normalized spacial score (nSPS) is 21.5. The molecule has 2 aliphatic carbocycles. The van der Waals surface area contributed by atoms with Gasteiger partial charge < -0.3 is 20.7 Å². The van der Waals surface area contributed by atoms with Gasteiger partial charge in [-0.1, -0.05) is 19.1 Å². The summed E-state index contributed by atoms with van der Waals surface area (Å²) in [4.78, 5) is 4.33. The molecule has 1 aromatic carbocycles. The maximum Gasteiger partial charge on any atom is 0.149 e. The SMILES string of the molecule is COCCCCNC1CCC(Nc2cc(-c3cccc(NCC4(C)CC4)c3)c(F)cn2)CC1. The first-order valence-corrected chi connectivity index (χ1v) is 12.5. The molecule has 0 aliphatic heterocycles. The minimum atomic E-state index is -0.284. The van der Waals surface area contributed by atoms with Crippen molar-refractivity contribution in [2.24, 2.45) is 5.41 Å². The second kappa shape index (κ2) is 11.3. The molecule has 2 fully saturated rings. The number of hydrogen-bond acceptors (Lipinski definition) is 5. The molecule has 2 aromatic rings. The average molecular weight is 455 g/mol. The van der Waals surface area contributed by atoms with Crippen molar-refractivity contribution in [3.8, 4) is 11.1 Å². The van der Waals surface area contributed by atoms with Gasteiger partial charge in [0.05, 0.1) is 6.20 Å². The van der Waals surface area contributed by atoms with Gasteiger partial charge in [0, 0.05) is 43.6 Å². The number of methoxy groups -OCH3 is 1. The first kappa shape index (κ1) is 24.0. The number of benzene rings is 1. The van der Waals surface area contributed by atoms with Crippen molar-refractivity contribution in [1.82, 2.24) is 10.3 Å². The lowest BCUT2D eigenvalue weighted by atomic mass is 9.91. The van der Waals surface area contributed by atoms with E-state index in [4.69, 9.17) is 4.74 Å². The highest BCUT2D eigenvalue weighted by Crippen LogP contribution is 2.44. The monoisotopic (exact) mass is 454 g/mol. The van der Waals surface area contributed by atoms with Crippen LogP contribution in [0.1, 0.15) is 58.3 Å². The smallest absolute Gasteiger partial charge is 0.149 e. The molecule has 0 amide bonds. The number of nitrogens with zero attached hydrogens (tertiary/aromatic N) is 1. The number of unbranched alkanes of at least 4 members (excludes halogenated alkanes) is 1. The summed E-state index contributed by atoms with van der Waals surface area (Å²) in [5, 5.41) is 10.7. The van der Waals surface area contributed by atoms with Gasteiger partial charge in [0.25, 0.3) is 0 Å². The maximum atomic E-state index is 14.7. The van der Waals surface area contributed by atoms with E-state index >= 15 is 0 Å². The van der Waals surface area contributed by atoms with Gasteiger partial charge in [0.1, 0.15) is 11.6 Å². The summed E-state index contributed by atoms with van der Waals surface area (Å²) in [5.74, 6) is 0.472. The van der Waals surface area contributed by atoms with Gasteiger partial charge in [0.15, 0.2) is 0 Å². The molecule has 0 radical (unpaired) electrons. The molecule has 0 saturated heterocycles. The van der Waals surface area contributed by atoms with Gasteiger partial charge in [0.2, 0.25) is 0 Å². The first-order valence-electron chi connectivity index (χ1n) is 12.5. The highest BCUT2D eigenvalue weighted by atomic mass is 19.1. The van der Waals surface area contributed by atoms with E-state index < -0.39 is 0 Å². The molecule has 2 aliphatic rings. The molecule has 0 unspecified atom stereocenters. The predicted molar refractivity (Wildman–Crippen MR) is 134 cm³/mol. The molecule has 33 heavy (non-hydrogen) atoms. The van der Waals surface area contributed by atoms with Crippen LogP contribution >= 0.6 is 0 Å². The van der Waals surface area contributed by atoms with Crippen molar-refractivity contribution in [2.45, 2.75) is 70.4 Å². The van der Waals surface area contributed by atoms with Gasteiger partial charge in [-0.05, 0) is 87.1 Å². The Morgan fingerprint density at radius 1 is 1.09 bits per heavy atom. The zero-order valence-electron chi connectivity index (χ0n) is 20.1. The molecule has 2 saturated carbocycles. The number of halogens is 1. The van der Waals surface area contributed by atoms with Gasteiger partial charge in [-0.15, -0.1) is 0 Å². The Morgan fingerprint density at radius 2 is 1.88 bits per heavy atom. The molecule has 3 N–H and O–H groups in total. The standard InChI is InChI=1S/C27H39FN4O/c1-27(12-13-27)19-31-23-7-5-6-20(16-23)24-17-26(30-18-25(24)28)32-22-10-8-21(9-11-22)29-14-3-4-15-33-2/h5-7,16-18,21-22,29,31H,3-4,8-15,19H2,1-2H3,(H,30,32). The second-order valence-electron chi connectivity index (χ2n) is 10.1. The quantitative estimate of drug-likeness (QED) is 0.352. The van der Waals surface area contributed by atoms with E-state index in [1.807, 2.05) is 24.3 Å². The van der Waals surface area contributed by atoms with Crippen molar-refractivity contribution in [2.75, 3.05) is 37.4 Å². The lowest BCUT2D eigenvalue weighted by molar-refractivity contribution is 0.192. The van der Waals surface area contributed by atoms with Gasteiger partial charge in [-0.2, -0.15) is 0 Å².